The van der Waals surface area contributed by atoms with Gasteiger partial charge in [0.1, 0.15) is 0 Å². The lowest BCUT2D eigenvalue weighted by Crippen LogP contribution is -2.22. The van der Waals surface area contributed by atoms with Gasteiger partial charge in [-0.05, 0) is 31.2 Å². The van der Waals surface area contributed by atoms with Crippen molar-refractivity contribution in [1.82, 2.24) is 0 Å². The summed E-state index contributed by atoms with van der Waals surface area (Å²) in [7, 11) is 0. The smallest absolute Gasteiger partial charge is 0.0976 e. The van der Waals surface area contributed by atoms with Gasteiger partial charge in [-0.1, -0.05) is 18.9 Å². The molecule has 1 unspecified atom stereocenters. The Balaban J connectivity index is 2.02. The van der Waals surface area contributed by atoms with Gasteiger partial charge in [-0.25, -0.2) is 0 Å². The maximum atomic E-state index is 6.04. The van der Waals surface area contributed by atoms with Gasteiger partial charge in [-0.3, -0.25) is 4.99 Å². The highest BCUT2D eigenvalue weighted by atomic mass is 32.1. The van der Waals surface area contributed by atoms with Gasteiger partial charge in [0.05, 0.1) is 11.9 Å². The van der Waals surface area contributed by atoms with Crippen LogP contribution in [0.5, 0.6) is 0 Å². The van der Waals surface area contributed by atoms with Gasteiger partial charge in [-0.15, -0.1) is 11.3 Å². The second kappa shape index (κ2) is 4.79. The van der Waals surface area contributed by atoms with E-state index in [2.05, 4.69) is 29.4 Å². The van der Waals surface area contributed by atoms with Gasteiger partial charge in [0, 0.05) is 10.8 Å². The molecule has 0 radical (unpaired) electrons. The molecule has 1 saturated carbocycles. The lowest BCUT2D eigenvalue weighted by Gasteiger charge is -2.11. The lowest BCUT2D eigenvalue weighted by molar-refractivity contribution is 0.702. The molecule has 1 aliphatic rings. The Morgan fingerprint density at radius 3 is 2.87 bits per heavy atom. The number of hydrogen-bond acceptors (Lipinski definition) is 2. The van der Waals surface area contributed by atoms with Crippen LogP contribution < -0.4 is 5.73 Å². The van der Waals surface area contributed by atoms with E-state index < -0.39 is 0 Å². The Hall–Kier alpha value is -0.830. The molecule has 1 aromatic heterocycles. The highest BCUT2D eigenvalue weighted by Gasteiger charge is 2.19. The first-order valence-electron chi connectivity index (χ1n) is 5.64. The zero-order valence-electron chi connectivity index (χ0n) is 9.15. The number of hydrogen-bond donors (Lipinski definition) is 1. The van der Waals surface area contributed by atoms with E-state index in [-0.39, 0.29) is 6.04 Å². The number of rotatable bonds is 3. The lowest BCUT2D eigenvalue weighted by atomic mass is 10.1. The topological polar surface area (TPSA) is 38.4 Å². The fourth-order valence-corrected chi connectivity index (χ4v) is 2.86. The molecule has 0 spiro atoms. The Bertz CT molecular complexity index is 323. The number of amidine groups is 1. The number of nitrogens with zero attached hydrogens (tertiary/aromatic N) is 1. The summed E-state index contributed by atoms with van der Waals surface area (Å²) >= 11 is 1.75. The minimum atomic E-state index is 0.227. The van der Waals surface area contributed by atoms with Crippen molar-refractivity contribution in [2.45, 2.75) is 38.6 Å². The molecule has 3 heteroatoms. The molecule has 2 rings (SSSR count). The van der Waals surface area contributed by atoms with Crippen LogP contribution in [0.4, 0.5) is 0 Å². The van der Waals surface area contributed by atoms with Crippen LogP contribution in [0.3, 0.4) is 0 Å². The third kappa shape index (κ3) is 2.59. The number of nitrogens with two attached hydrogens (primary N) is 1. The second-order valence-corrected chi connectivity index (χ2v) is 5.21. The molecular weight excluding hydrogens is 204 g/mol. The van der Waals surface area contributed by atoms with Crippen molar-refractivity contribution in [3.8, 4) is 0 Å². The summed E-state index contributed by atoms with van der Waals surface area (Å²) in [6.07, 6.45) is 5.08. The van der Waals surface area contributed by atoms with Crippen LogP contribution in [-0.2, 0) is 0 Å². The minimum Gasteiger partial charge on any atom is -0.387 e. The predicted molar refractivity (Wildman–Crippen MR) is 66.3 cm³/mol. The van der Waals surface area contributed by atoms with Crippen molar-refractivity contribution in [2.24, 2.45) is 16.6 Å². The van der Waals surface area contributed by atoms with Crippen molar-refractivity contribution in [1.29, 1.82) is 0 Å². The van der Waals surface area contributed by atoms with E-state index in [9.17, 15) is 0 Å². The summed E-state index contributed by atoms with van der Waals surface area (Å²) in [6, 6.07) is 4.42. The van der Waals surface area contributed by atoms with E-state index in [4.69, 9.17) is 5.73 Å². The average Bonchev–Trinajstić information content (AvgIpc) is 2.91. The van der Waals surface area contributed by atoms with Gasteiger partial charge in [-0.2, -0.15) is 0 Å². The van der Waals surface area contributed by atoms with Crippen LogP contribution in [0.1, 0.15) is 43.5 Å². The van der Waals surface area contributed by atoms with E-state index >= 15 is 0 Å². The Labute approximate surface area is 95.2 Å². The molecule has 0 bridgehead atoms. The normalized spacial score (nSPS) is 20.7. The molecule has 82 valence electrons. The van der Waals surface area contributed by atoms with Gasteiger partial charge >= 0.3 is 0 Å². The molecular formula is C12H18N2S. The number of aliphatic imine (C=N–C) groups is 1. The molecule has 2 N–H and O–H groups in total. The van der Waals surface area contributed by atoms with Crippen LogP contribution in [0.2, 0.25) is 0 Å². The Kier molecular flexibility index (Phi) is 3.41. The highest BCUT2D eigenvalue weighted by molar-refractivity contribution is 7.10. The maximum absolute atomic E-state index is 6.04. The first kappa shape index (κ1) is 10.7. The van der Waals surface area contributed by atoms with Crippen molar-refractivity contribution in [3.05, 3.63) is 22.4 Å². The van der Waals surface area contributed by atoms with E-state index in [1.807, 2.05) is 0 Å². The van der Waals surface area contributed by atoms with Gasteiger partial charge in [0.15, 0.2) is 0 Å². The monoisotopic (exact) mass is 222 g/mol. The van der Waals surface area contributed by atoms with E-state index in [1.54, 1.807) is 11.3 Å². The van der Waals surface area contributed by atoms with Crippen molar-refractivity contribution in [3.63, 3.8) is 0 Å². The van der Waals surface area contributed by atoms with Crippen LogP contribution in [0.15, 0.2) is 22.5 Å². The molecule has 1 aliphatic carbocycles. The second-order valence-electron chi connectivity index (χ2n) is 4.23. The summed E-state index contributed by atoms with van der Waals surface area (Å²) in [5, 5.41) is 2.09. The van der Waals surface area contributed by atoms with Gasteiger partial charge < -0.3 is 5.73 Å². The maximum Gasteiger partial charge on any atom is 0.0976 e. The van der Waals surface area contributed by atoms with E-state index in [1.165, 1.54) is 30.6 Å². The summed E-state index contributed by atoms with van der Waals surface area (Å²) in [5.41, 5.74) is 6.04. The predicted octanol–water partition coefficient (Wildman–Crippen LogP) is 3.36. The highest BCUT2D eigenvalue weighted by Crippen LogP contribution is 2.27. The summed E-state index contributed by atoms with van der Waals surface area (Å²) in [6.45, 7) is 2.12. The molecule has 15 heavy (non-hydrogen) atoms. The van der Waals surface area contributed by atoms with Crippen LogP contribution in [-0.4, -0.2) is 5.84 Å². The molecule has 1 atom stereocenters. The van der Waals surface area contributed by atoms with Crippen molar-refractivity contribution >= 4 is 17.2 Å². The zero-order valence-corrected chi connectivity index (χ0v) is 9.96. The Morgan fingerprint density at radius 1 is 1.53 bits per heavy atom. The van der Waals surface area contributed by atoms with Gasteiger partial charge in [0.25, 0.3) is 0 Å². The third-order valence-corrected chi connectivity index (χ3v) is 4.11. The summed E-state index contributed by atoms with van der Waals surface area (Å²) in [5.74, 6) is 1.42. The zero-order chi connectivity index (χ0) is 10.7. The van der Waals surface area contributed by atoms with Crippen molar-refractivity contribution < 1.29 is 0 Å². The molecule has 1 heterocycles. The quantitative estimate of drug-likeness (QED) is 0.618. The summed E-state index contributed by atoms with van der Waals surface area (Å²) < 4.78 is 0. The third-order valence-electron chi connectivity index (χ3n) is 3.07. The summed E-state index contributed by atoms with van der Waals surface area (Å²) in [4.78, 5) is 5.91. The van der Waals surface area contributed by atoms with Crippen molar-refractivity contribution in [2.75, 3.05) is 0 Å². The van der Waals surface area contributed by atoms with Crippen LogP contribution in [0, 0.1) is 5.92 Å². The first-order valence-corrected chi connectivity index (χ1v) is 6.52. The SMILES string of the molecule is CC(N=C(N)C1CCCC1)c1cccs1. The average molecular weight is 222 g/mol. The minimum absolute atomic E-state index is 0.227. The molecule has 2 nitrogen and oxygen atoms in total. The molecule has 1 aromatic rings. The first-order chi connectivity index (χ1) is 7.27. The van der Waals surface area contributed by atoms with Crippen LogP contribution in [0.25, 0.3) is 0 Å². The van der Waals surface area contributed by atoms with Crippen LogP contribution >= 0.6 is 11.3 Å². The molecule has 0 aliphatic heterocycles. The molecule has 0 amide bonds. The molecule has 0 saturated heterocycles. The van der Waals surface area contributed by atoms with Gasteiger partial charge in [0.2, 0.25) is 0 Å². The fourth-order valence-electron chi connectivity index (χ4n) is 2.14. The standard InChI is InChI=1S/C12H18N2S/c1-9(11-7-4-8-15-11)14-12(13)10-5-2-3-6-10/h4,7-10H,2-3,5-6H2,1H3,(H2,13,14). The van der Waals surface area contributed by atoms with E-state index in [0.717, 1.165) is 5.84 Å². The number of thiophene rings is 1. The largest absolute Gasteiger partial charge is 0.387 e. The fraction of sp³-hybridized carbons (Fsp3) is 0.583. The molecule has 1 fully saturated rings. The molecule has 0 aromatic carbocycles. The van der Waals surface area contributed by atoms with E-state index in [0.29, 0.717) is 5.92 Å². The Morgan fingerprint density at radius 2 is 2.27 bits per heavy atom.